The number of rotatable bonds is 3. The number of Topliss-reactive ketones (excluding diaryl/α,β-unsaturated/α-hetero) is 1. The summed E-state index contributed by atoms with van der Waals surface area (Å²) in [5.41, 5.74) is 0.360. The molecule has 1 unspecified atom stereocenters. The van der Waals surface area contributed by atoms with Crippen molar-refractivity contribution in [1.29, 1.82) is 0 Å². The third-order valence-electron chi connectivity index (χ3n) is 3.53. The van der Waals surface area contributed by atoms with Gasteiger partial charge in [-0.15, -0.1) is 0 Å². The van der Waals surface area contributed by atoms with Crippen LogP contribution in [0.1, 0.15) is 25.3 Å². The van der Waals surface area contributed by atoms with Crippen molar-refractivity contribution >= 4 is 5.78 Å². The van der Waals surface area contributed by atoms with Crippen LogP contribution in [0.25, 0.3) is 0 Å². The number of nitrogens with zero attached hydrogens (tertiary/aromatic N) is 1. The molecule has 0 saturated carbocycles. The largest absolute Gasteiger partial charge is 0.299 e. The summed E-state index contributed by atoms with van der Waals surface area (Å²) >= 11 is 0. The molecule has 1 aromatic rings. The summed E-state index contributed by atoms with van der Waals surface area (Å²) in [6.45, 7) is 3.62. The minimum Gasteiger partial charge on any atom is -0.299 e. The van der Waals surface area contributed by atoms with Crippen LogP contribution in [0.2, 0.25) is 0 Å². The number of benzene rings is 1. The molecule has 1 heterocycles. The first-order chi connectivity index (χ1) is 8.61. The van der Waals surface area contributed by atoms with Gasteiger partial charge in [-0.1, -0.05) is 19.1 Å². The summed E-state index contributed by atoms with van der Waals surface area (Å²) in [7, 11) is 0. The number of ketones is 1. The zero-order chi connectivity index (χ0) is 13.1. The molecule has 2 rings (SSSR count). The van der Waals surface area contributed by atoms with Crippen LogP contribution in [0.15, 0.2) is 18.2 Å². The van der Waals surface area contributed by atoms with Crippen LogP contribution < -0.4 is 0 Å². The summed E-state index contributed by atoms with van der Waals surface area (Å²) in [6, 6.07) is 4.23. The van der Waals surface area contributed by atoms with Crippen molar-refractivity contribution in [3.63, 3.8) is 0 Å². The van der Waals surface area contributed by atoms with E-state index < -0.39 is 11.6 Å². The van der Waals surface area contributed by atoms with Crippen molar-refractivity contribution in [2.45, 2.75) is 26.3 Å². The van der Waals surface area contributed by atoms with Gasteiger partial charge in [-0.3, -0.25) is 9.69 Å². The summed E-state index contributed by atoms with van der Waals surface area (Å²) in [6.07, 6.45) is 1.32. The van der Waals surface area contributed by atoms with E-state index in [4.69, 9.17) is 0 Å². The Morgan fingerprint density at radius 3 is 2.89 bits per heavy atom. The average Bonchev–Trinajstić information content (AvgIpc) is 2.37. The number of likely N-dealkylation sites (tertiary alicyclic amines) is 1. The lowest BCUT2D eigenvalue weighted by Gasteiger charge is -2.31. The molecule has 0 bridgehead atoms. The molecule has 0 spiro atoms. The lowest BCUT2D eigenvalue weighted by Crippen LogP contribution is -2.40. The Morgan fingerprint density at radius 2 is 2.17 bits per heavy atom. The van der Waals surface area contributed by atoms with E-state index in [1.807, 2.05) is 11.8 Å². The van der Waals surface area contributed by atoms with Crippen LogP contribution >= 0.6 is 0 Å². The predicted octanol–water partition coefficient (Wildman–Crippen LogP) is 2.77. The number of hydrogen-bond acceptors (Lipinski definition) is 2. The highest BCUT2D eigenvalue weighted by atomic mass is 19.2. The van der Waals surface area contributed by atoms with Crippen LogP contribution in [0, 0.1) is 17.6 Å². The monoisotopic (exact) mass is 253 g/mol. The molecule has 0 radical (unpaired) electrons. The van der Waals surface area contributed by atoms with E-state index >= 15 is 0 Å². The second-order valence-corrected chi connectivity index (χ2v) is 4.77. The quantitative estimate of drug-likeness (QED) is 0.825. The lowest BCUT2D eigenvalue weighted by atomic mass is 9.94. The molecule has 98 valence electrons. The molecule has 1 fully saturated rings. The van der Waals surface area contributed by atoms with Gasteiger partial charge in [0.05, 0.1) is 0 Å². The maximum Gasteiger partial charge on any atom is 0.163 e. The van der Waals surface area contributed by atoms with Gasteiger partial charge >= 0.3 is 0 Å². The van der Waals surface area contributed by atoms with Gasteiger partial charge in [-0.25, -0.2) is 8.78 Å². The highest BCUT2D eigenvalue weighted by molar-refractivity contribution is 5.82. The maximum atomic E-state index is 13.5. The van der Waals surface area contributed by atoms with Crippen LogP contribution in [-0.4, -0.2) is 23.8 Å². The smallest absolute Gasteiger partial charge is 0.163 e. The van der Waals surface area contributed by atoms with Crippen molar-refractivity contribution in [2.75, 3.05) is 13.1 Å². The van der Waals surface area contributed by atoms with E-state index in [0.29, 0.717) is 31.6 Å². The maximum absolute atomic E-state index is 13.5. The van der Waals surface area contributed by atoms with E-state index in [1.165, 1.54) is 6.07 Å². The van der Waals surface area contributed by atoms with Gasteiger partial charge in [0, 0.05) is 37.5 Å². The summed E-state index contributed by atoms with van der Waals surface area (Å²) in [5.74, 6) is -1.26. The van der Waals surface area contributed by atoms with Crippen molar-refractivity contribution in [1.82, 2.24) is 4.90 Å². The Kier molecular flexibility index (Phi) is 4.07. The molecule has 1 saturated heterocycles. The second kappa shape index (κ2) is 5.57. The fourth-order valence-corrected chi connectivity index (χ4v) is 2.39. The van der Waals surface area contributed by atoms with Crippen molar-refractivity contribution < 1.29 is 13.6 Å². The first-order valence-corrected chi connectivity index (χ1v) is 6.29. The number of carbonyl (C=O) groups is 1. The van der Waals surface area contributed by atoms with Crippen molar-refractivity contribution in [3.8, 4) is 0 Å². The highest BCUT2D eigenvalue weighted by Gasteiger charge is 2.26. The molecule has 0 aromatic heterocycles. The molecular weight excluding hydrogens is 236 g/mol. The summed E-state index contributed by atoms with van der Waals surface area (Å²) in [4.78, 5) is 13.6. The van der Waals surface area contributed by atoms with E-state index in [1.54, 1.807) is 6.07 Å². The zero-order valence-corrected chi connectivity index (χ0v) is 10.5. The molecule has 0 amide bonds. The standard InChI is InChI=1S/C14H17F2NO/c1-2-10-8-17(7-6-13(10)18)9-11-4-3-5-12(15)14(11)16/h3-5,10H,2,6-9H2,1H3. The molecular formula is C14H17F2NO. The Bertz CT molecular complexity index is 447. The van der Waals surface area contributed by atoms with Gasteiger partial charge in [0.1, 0.15) is 5.78 Å². The molecule has 4 heteroatoms. The number of piperidine rings is 1. The summed E-state index contributed by atoms with van der Waals surface area (Å²) < 4.78 is 26.6. The van der Waals surface area contributed by atoms with Crippen molar-refractivity contribution in [3.05, 3.63) is 35.4 Å². The predicted molar refractivity (Wildman–Crippen MR) is 65.0 cm³/mol. The van der Waals surface area contributed by atoms with Gasteiger partial charge in [0.15, 0.2) is 11.6 Å². The Hall–Kier alpha value is -1.29. The summed E-state index contributed by atoms with van der Waals surface area (Å²) in [5, 5.41) is 0. The first-order valence-electron chi connectivity index (χ1n) is 6.29. The fourth-order valence-electron chi connectivity index (χ4n) is 2.39. The van der Waals surface area contributed by atoms with E-state index in [0.717, 1.165) is 12.5 Å². The van der Waals surface area contributed by atoms with Crippen LogP contribution in [0.4, 0.5) is 8.78 Å². The molecule has 1 aliphatic rings. The van der Waals surface area contributed by atoms with Crippen LogP contribution in [0.5, 0.6) is 0 Å². The molecule has 0 aliphatic carbocycles. The minimum absolute atomic E-state index is 0.0374. The molecule has 1 aliphatic heterocycles. The van der Waals surface area contributed by atoms with Gasteiger partial charge in [0.2, 0.25) is 0 Å². The normalized spacial score (nSPS) is 21.3. The number of halogens is 2. The SMILES string of the molecule is CCC1CN(Cc2cccc(F)c2F)CCC1=O. The van der Waals surface area contributed by atoms with Gasteiger partial charge in [-0.2, -0.15) is 0 Å². The first kappa shape index (κ1) is 13.1. The molecule has 18 heavy (non-hydrogen) atoms. The third kappa shape index (κ3) is 2.75. The fraction of sp³-hybridized carbons (Fsp3) is 0.500. The Labute approximate surface area is 106 Å². The molecule has 1 aromatic carbocycles. The van der Waals surface area contributed by atoms with Crippen molar-refractivity contribution in [2.24, 2.45) is 5.92 Å². The highest BCUT2D eigenvalue weighted by Crippen LogP contribution is 2.20. The Morgan fingerprint density at radius 1 is 1.39 bits per heavy atom. The van der Waals surface area contributed by atoms with Gasteiger partial charge in [-0.05, 0) is 12.5 Å². The Balaban J connectivity index is 2.06. The molecule has 2 nitrogen and oxygen atoms in total. The van der Waals surface area contributed by atoms with Crippen LogP contribution in [-0.2, 0) is 11.3 Å². The van der Waals surface area contributed by atoms with E-state index in [9.17, 15) is 13.6 Å². The van der Waals surface area contributed by atoms with E-state index in [-0.39, 0.29) is 11.7 Å². The van der Waals surface area contributed by atoms with E-state index in [2.05, 4.69) is 0 Å². The zero-order valence-electron chi connectivity index (χ0n) is 10.5. The number of hydrogen-bond donors (Lipinski definition) is 0. The topological polar surface area (TPSA) is 20.3 Å². The second-order valence-electron chi connectivity index (χ2n) is 4.77. The molecule has 1 atom stereocenters. The third-order valence-corrected chi connectivity index (χ3v) is 3.53. The van der Waals surface area contributed by atoms with Gasteiger partial charge < -0.3 is 0 Å². The van der Waals surface area contributed by atoms with Gasteiger partial charge in [0.25, 0.3) is 0 Å². The number of carbonyl (C=O) groups excluding carboxylic acids is 1. The lowest BCUT2D eigenvalue weighted by molar-refractivity contribution is -0.126. The average molecular weight is 253 g/mol. The molecule has 0 N–H and O–H groups in total. The minimum atomic E-state index is -0.812. The van der Waals surface area contributed by atoms with Crippen LogP contribution in [0.3, 0.4) is 0 Å².